The lowest BCUT2D eigenvalue weighted by molar-refractivity contribution is -0.00731. The number of ether oxygens (including phenoxy) is 1. The number of nitrogens with zero attached hydrogens (tertiary/aromatic N) is 1. The Morgan fingerprint density at radius 3 is 2.92 bits per heavy atom. The molecule has 0 aromatic heterocycles. The second kappa shape index (κ2) is 6.58. The number of aryl methyl sites for hydroxylation is 1. The lowest BCUT2D eigenvalue weighted by Gasteiger charge is -2.42. The molecular formula is C21H26N2O. The van der Waals surface area contributed by atoms with E-state index in [2.05, 4.69) is 65.7 Å². The van der Waals surface area contributed by atoms with Crippen molar-refractivity contribution in [1.29, 1.82) is 0 Å². The van der Waals surface area contributed by atoms with Crippen LogP contribution < -0.4 is 10.1 Å². The molecule has 3 nitrogen and oxygen atoms in total. The molecule has 126 valence electrons. The number of piperidine rings is 1. The molecule has 0 bridgehead atoms. The van der Waals surface area contributed by atoms with Crippen LogP contribution in [0.3, 0.4) is 0 Å². The van der Waals surface area contributed by atoms with Crippen LogP contribution in [0, 0.1) is 6.92 Å². The van der Waals surface area contributed by atoms with E-state index in [1.165, 1.54) is 23.1 Å². The predicted octanol–water partition coefficient (Wildman–Crippen LogP) is 3.51. The number of rotatable bonds is 2. The molecule has 0 radical (unpaired) electrons. The Balaban J connectivity index is 1.52. The molecule has 1 atom stereocenters. The zero-order chi connectivity index (χ0) is 16.4. The molecule has 2 aliphatic heterocycles. The molecule has 2 aromatic carbocycles. The summed E-state index contributed by atoms with van der Waals surface area (Å²) in [5.41, 5.74) is 3.86. The summed E-state index contributed by atoms with van der Waals surface area (Å²) in [6, 6.07) is 17.3. The van der Waals surface area contributed by atoms with Crippen LogP contribution >= 0.6 is 0 Å². The maximum atomic E-state index is 6.60. The first-order valence-electron chi connectivity index (χ1n) is 8.98. The van der Waals surface area contributed by atoms with Gasteiger partial charge in [-0.1, -0.05) is 48.0 Å². The summed E-state index contributed by atoms with van der Waals surface area (Å²) >= 11 is 0. The van der Waals surface area contributed by atoms with Gasteiger partial charge in [0.1, 0.15) is 11.4 Å². The van der Waals surface area contributed by atoms with E-state index in [0.29, 0.717) is 0 Å². The number of benzene rings is 2. The molecular weight excluding hydrogens is 296 g/mol. The van der Waals surface area contributed by atoms with Gasteiger partial charge in [-0.25, -0.2) is 0 Å². The number of fused-ring (bicyclic) bond motifs is 1. The van der Waals surface area contributed by atoms with Gasteiger partial charge in [0.2, 0.25) is 0 Å². The van der Waals surface area contributed by atoms with Crippen molar-refractivity contribution in [3.05, 3.63) is 65.2 Å². The fourth-order valence-electron chi connectivity index (χ4n) is 4.03. The maximum Gasteiger partial charge on any atom is 0.134 e. The van der Waals surface area contributed by atoms with Gasteiger partial charge in [0.05, 0.1) is 0 Å². The second-order valence-electron chi connectivity index (χ2n) is 7.30. The third-order valence-corrected chi connectivity index (χ3v) is 5.17. The Hall–Kier alpha value is -1.84. The van der Waals surface area contributed by atoms with Crippen LogP contribution in [-0.2, 0) is 13.1 Å². The monoisotopic (exact) mass is 322 g/mol. The molecule has 3 heteroatoms. The van der Waals surface area contributed by atoms with Crippen molar-refractivity contribution in [1.82, 2.24) is 10.2 Å². The molecule has 1 spiro atoms. The van der Waals surface area contributed by atoms with E-state index in [4.69, 9.17) is 4.74 Å². The summed E-state index contributed by atoms with van der Waals surface area (Å²) in [6.45, 7) is 7.11. The molecule has 1 saturated heterocycles. The largest absolute Gasteiger partial charge is 0.484 e. The molecule has 1 unspecified atom stereocenters. The van der Waals surface area contributed by atoms with Crippen molar-refractivity contribution in [2.45, 2.75) is 38.5 Å². The van der Waals surface area contributed by atoms with Crippen molar-refractivity contribution < 1.29 is 4.74 Å². The van der Waals surface area contributed by atoms with E-state index < -0.39 is 0 Å². The van der Waals surface area contributed by atoms with Crippen LogP contribution in [0.4, 0.5) is 0 Å². The van der Waals surface area contributed by atoms with Gasteiger partial charge in [0.25, 0.3) is 0 Å². The van der Waals surface area contributed by atoms with Crippen molar-refractivity contribution in [2.75, 3.05) is 19.6 Å². The van der Waals surface area contributed by atoms with Crippen molar-refractivity contribution in [3.8, 4) is 5.75 Å². The van der Waals surface area contributed by atoms with Gasteiger partial charge in [-0.3, -0.25) is 4.90 Å². The molecule has 0 aliphatic carbocycles. The van der Waals surface area contributed by atoms with E-state index in [9.17, 15) is 0 Å². The summed E-state index contributed by atoms with van der Waals surface area (Å²) in [5, 5.41) is 3.62. The van der Waals surface area contributed by atoms with Gasteiger partial charge in [0.15, 0.2) is 0 Å². The standard InChI is InChI=1S/C21H26N2O/c1-17-8-9-20-19(12-17)13-22-15-21(24-20)10-5-11-23(16-21)14-18-6-3-2-4-7-18/h2-4,6-9,12,22H,5,10-11,13-16H2,1H3. The Bertz CT molecular complexity index is 700. The van der Waals surface area contributed by atoms with Crippen molar-refractivity contribution >= 4 is 0 Å². The smallest absolute Gasteiger partial charge is 0.134 e. The lowest BCUT2D eigenvalue weighted by Crippen LogP contribution is -2.55. The van der Waals surface area contributed by atoms with E-state index in [1.54, 1.807) is 0 Å². The molecule has 0 saturated carbocycles. The van der Waals surface area contributed by atoms with E-state index in [1.807, 2.05) is 0 Å². The predicted molar refractivity (Wildman–Crippen MR) is 97.2 cm³/mol. The van der Waals surface area contributed by atoms with Crippen LogP contribution in [0.15, 0.2) is 48.5 Å². The number of nitrogens with one attached hydrogen (secondary N) is 1. The van der Waals surface area contributed by atoms with Gasteiger partial charge >= 0.3 is 0 Å². The average molecular weight is 322 g/mol. The van der Waals surface area contributed by atoms with Gasteiger partial charge in [-0.2, -0.15) is 0 Å². The fraction of sp³-hybridized carbons (Fsp3) is 0.429. The highest BCUT2D eigenvalue weighted by Gasteiger charge is 2.39. The minimum Gasteiger partial charge on any atom is -0.484 e. The third kappa shape index (κ3) is 3.33. The van der Waals surface area contributed by atoms with Crippen LogP contribution in [0.1, 0.15) is 29.5 Å². The SMILES string of the molecule is Cc1ccc2c(c1)CNCC1(CCCN(Cc3ccccc3)C1)O2. The lowest BCUT2D eigenvalue weighted by atomic mass is 9.92. The third-order valence-electron chi connectivity index (χ3n) is 5.17. The van der Waals surface area contributed by atoms with Crippen LogP contribution in [0.5, 0.6) is 5.75 Å². The molecule has 0 amide bonds. The van der Waals surface area contributed by atoms with E-state index >= 15 is 0 Å². The number of likely N-dealkylation sites (tertiary alicyclic amines) is 1. The first-order valence-corrected chi connectivity index (χ1v) is 8.98. The molecule has 4 rings (SSSR count). The van der Waals surface area contributed by atoms with E-state index in [-0.39, 0.29) is 5.60 Å². The zero-order valence-electron chi connectivity index (χ0n) is 14.4. The van der Waals surface area contributed by atoms with Crippen molar-refractivity contribution in [3.63, 3.8) is 0 Å². The summed E-state index contributed by atoms with van der Waals surface area (Å²) in [7, 11) is 0. The Morgan fingerprint density at radius 2 is 2.04 bits per heavy atom. The van der Waals surface area contributed by atoms with E-state index in [0.717, 1.165) is 44.9 Å². The summed E-state index contributed by atoms with van der Waals surface area (Å²) in [6.07, 6.45) is 2.31. The average Bonchev–Trinajstić information content (AvgIpc) is 2.74. The number of hydrogen-bond donors (Lipinski definition) is 1. The molecule has 2 aromatic rings. The van der Waals surface area contributed by atoms with Crippen molar-refractivity contribution in [2.24, 2.45) is 0 Å². The molecule has 24 heavy (non-hydrogen) atoms. The fourth-order valence-corrected chi connectivity index (χ4v) is 4.03. The number of hydrogen-bond acceptors (Lipinski definition) is 3. The van der Waals surface area contributed by atoms with Crippen LogP contribution in [0.2, 0.25) is 0 Å². The highest BCUT2D eigenvalue weighted by atomic mass is 16.5. The first-order chi connectivity index (χ1) is 11.7. The summed E-state index contributed by atoms with van der Waals surface area (Å²) in [5.74, 6) is 1.06. The summed E-state index contributed by atoms with van der Waals surface area (Å²) in [4.78, 5) is 2.54. The quantitative estimate of drug-likeness (QED) is 0.916. The minimum atomic E-state index is -0.104. The molecule has 2 aliphatic rings. The van der Waals surface area contributed by atoms with Gasteiger partial charge < -0.3 is 10.1 Å². The van der Waals surface area contributed by atoms with Crippen LogP contribution in [-0.4, -0.2) is 30.1 Å². The molecule has 1 N–H and O–H groups in total. The van der Waals surface area contributed by atoms with Crippen LogP contribution in [0.25, 0.3) is 0 Å². The normalized spacial score (nSPS) is 24.2. The Kier molecular flexibility index (Phi) is 4.30. The second-order valence-corrected chi connectivity index (χ2v) is 7.30. The summed E-state index contributed by atoms with van der Waals surface area (Å²) < 4.78 is 6.60. The topological polar surface area (TPSA) is 24.5 Å². The highest BCUT2D eigenvalue weighted by Crippen LogP contribution is 2.33. The first kappa shape index (κ1) is 15.7. The Labute approximate surface area is 144 Å². The molecule has 2 heterocycles. The molecule has 1 fully saturated rings. The van der Waals surface area contributed by atoms with Gasteiger partial charge in [0, 0.05) is 31.7 Å². The van der Waals surface area contributed by atoms with Gasteiger partial charge in [-0.15, -0.1) is 0 Å². The Morgan fingerprint density at radius 1 is 1.17 bits per heavy atom. The van der Waals surface area contributed by atoms with Gasteiger partial charge in [-0.05, 0) is 37.9 Å². The zero-order valence-corrected chi connectivity index (χ0v) is 14.4. The highest BCUT2D eigenvalue weighted by molar-refractivity contribution is 5.38. The minimum absolute atomic E-state index is 0.104. The maximum absolute atomic E-state index is 6.60.